The molecule has 0 heterocycles. The van der Waals surface area contributed by atoms with Crippen LogP contribution in [0.1, 0.15) is 39.5 Å². The fourth-order valence-corrected chi connectivity index (χ4v) is 1.87. The standard InChI is InChI=1S/C13H21NO5/c1-3-19-11(15)7-6-10(13(17)18)14-12(16)8(2)9-4-5-9/h8-10H,3-7H2,1-2H3,(H,14,16)(H,17,18)/t8?,10-/m0/s1. The second-order valence-corrected chi connectivity index (χ2v) is 4.87. The summed E-state index contributed by atoms with van der Waals surface area (Å²) in [5.74, 6) is -1.61. The van der Waals surface area contributed by atoms with E-state index in [2.05, 4.69) is 5.32 Å². The van der Waals surface area contributed by atoms with Crippen molar-refractivity contribution in [2.75, 3.05) is 6.61 Å². The lowest BCUT2D eigenvalue weighted by Crippen LogP contribution is -2.43. The Hall–Kier alpha value is -1.59. The number of ether oxygens (including phenoxy) is 1. The van der Waals surface area contributed by atoms with Crippen molar-refractivity contribution in [1.82, 2.24) is 5.32 Å². The first-order valence-electron chi connectivity index (χ1n) is 6.64. The van der Waals surface area contributed by atoms with Gasteiger partial charge in [0.1, 0.15) is 6.04 Å². The molecule has 19 heavy (non-hydrogen) atoms. The summed E-state index contributed by atoms with van der Waals surface area (Å²) in [6.07, 6.45) is 2.09. The molecule has 1 fully saturated rings. The van der Waals surface area contributed by atoms with E-state index in [0.29, 0.717) is 5.92 Å². The molecule has 2 atom stereocenters. The van der Waals surface area contributed by atoms with Gasteiger partial charge in [0, 0.05) is 12.3 Å². The minimum absolute atomic E-state index is 0.0110. The molecular weight excluding hydrogens is 250 g/mol. The second kappa shape index (κ2) is 7.11. The molecule has 1 unspecified atom stereocenters. The maximum absolute atomic E-state index is 11.8. The zero-order chi connectivity index (χ0) is 14.4. The summed E-state index contributed by atoms with van der Waals surface area (Å²) in [6, 6.07) is -1.03. The molecule has 2 N–H and O–H groups in total. The Morgan fingerprint density at radius 1 is 1.37 bits per heavy atom. The van der Waals surface area contributed by atoms with Crippen LogP contribution in [-0.2, 0) is 19.1 Å². The van der Waals surface area contributed by atoms with Crippen LogP contribution in [0.15, 0.2) is 0 Å². The number of aliphatic carboxylic acids is 1. The Morgan fingerprint density at radius 2 is 2.00 bits per heavy atom. The van der Waals surface area contributed by atoms with Crippen molar-refractivity contribution in [3.05, 3.63) is 0 Å². The van der Waals surface area contributed by atoms with Gasteiger partial charge in [0.15, 0.2) is 0 Å². The third-order valence-electron chi connectivity index (χ3n) is 3.30. The molecule has 0 spiro atoms. The van der Waals surface area contributed by atoms with Crippen LogP contribution in [-0.4, -0.2) is 35.6 Å². The van der Waals surface area contributed by atoms with Gasteiger partial charge in [-0.1, -0.05) is 6.92 Å². The van der Waals surface area contributed by atoms with Crippen LogP contribution in [0.3, 0.4) is 0 Å². The summed E-state index contributed by atoms with van der Waals surface area (Å²) in [5, 5.41) is 11.5. The van der Waals surface area contributed by atoms with Crippen molar-refractivity contribution >= 4 is 17.8 Å². The Bertz CT molecular complexity index is 351. The first-order valence-corrected chi connectivity index (χ1v) is 6.64. The molecule has 1 amide bonds. The second-order valence-electron chi connectivity index (χ2n) is 4.87. The molecule has 1 rings (SSSR count). The number of carbonyl (C=O) groups is 3. The normalized spacial score (nSPS) is 17.4. The number of hydrogen-bond donors (Lipinski definition) is 2. The third-order valence-corrected chi connectivity index (χ3v) is 3.30. The number of carboxylic acid groups (broad SMARTS) is 1. The van der Waals surface area contributed by atoms with Crippen molar-refractivity contribution in [2.45, 2.75) is 45.6 Å². The third kappa shape index (κ3) is 5.28. The van der Waals surface area contributed by atoms with Gasteiger partial charge in [-0.3, -0.25) is 9.59 Å². The predicted octanol–water partition coefficient (Wildman–Crippen LogP) is 0.945. The topological polar surface area (TPSA) is 92.7 Å². The highest BCUT2D eigenvalue weighted by molar-refractivity contribution is 5.85. The molecule has 0 aromatic heterocycles. The zero-order valence-electron chi connectivity index (χ0n) is 11.3. The minimum atomic E-state index is -1.12. The van der Waals surface area contributed by atoms with Crippen LogP contribution in [0.2, 0.25) is 0 Å². The summed E-state index contributed by atoms with van der Waals surface area (Å²) in [5.41, 5.74) is 0. The van der Waals surface area contributed by atoms with E-state index in [9.17, 15) is 14.4 Å². The highest BCUT2D eigenvalue weighted by Crippen LogP contribution is 2.36. The number of nitrogens with one attached hydrogen (secondary N) is 1. The lowest BCUT2D eigenvalue weighted by molar-refractivity contribution is -0.145. The summed E-state index contributed by atoms with van der Waals surface area (Å²) >= 11 is 0. The number of hydrogen-bond acceptors (Lipinski definition) is 4. The van der Waals surface area contributed by atoms with E-state index in [4.69, 9.17) is 9.84 Å². The number of carbonyl (C=O) groups excluding carboxylic acids is 2. The van der Waals surface area contributed by atoms with Crippen LogP contribution in [0.5, 0.6) is 0 Å². The van der Waals surface area contributed by atoms with Crippen LogP contribution in [0.4, 0.5) is 0 Å². The maximum Gasteiger partial charge on any atom is 0.326 e. The molecule has 1 saturated carbocycles. The minimum Gasteiger partial charge on any atom is -0.480 e. The lowest BCUT2D eigenvalue weighted by atomic mass is 10.0. The van der Waals surface area contributed by atoms with Gasteiger partial charge in [-0.25, -0.2) is 4.79 Å². The molecule has 0 bridgehead atoms. The molecule has 0 aromatic carbocycles. The largest absolute Gasteiger partial charge is 0.480 e. The smallest absolute Gasteiger partial charge is 0.326 e. The summed E-state index contributed by atoms with van der Waals surface area (Å²) in [7, 11) is 0. The van der Waals surface area contributed by atoms with E-state index in [-0.39, 0.29) is 31.3 Å². The van der Waals surface area contributed by atoms with E-state index >= 15 is 0 Å². The van der Waals surface area contributed by atoms with Crippen molar-refractivity contribution in [3.63, 3.8) is 0 Å². The molecule has 6 heteroatoms. The monoisotopic (exact) mass is 271 g/mol. The van der Waals surface area contributed by atoms with Gasteiger partial charge in [-0.2, -0.15) is 0 Å². The average molecular weight is 271 g/mol. The average Bonchev–Trinajstić information content (AvgIpc) is 3.17. The molecule has 0 aromatic rings. The Kier molecular flexibility index (Phi) is 5.79. The van der Waals surface area contributed by atoms with Crippen LogP contribution in [0, 0.1) is 11.8 Å². The summed E-state index contributed by atoms with van der Waals surface area (Å²) in [6.45, 7) is 3.75. The van der Waals surface area contributed by atoms with Gasteiger partial charge in [0.05, 0.1) is 6.61 Å². The molecule has 0 saturated heterocycles. The quantitative estimate of drug-likeness (QED) is 0.641. The zero-order valence-corrected chi connectivity index (χ0v) is 11.3. The Labute approximate surface area is 112 Å². The highest BCUT2D eigenvalue weighted by atomic mass is 16.5. The highest BCUT2D eigenvalue weighted by Gasteiger charge is 2.34. The van der Waals surface area contributed by atoms with Gasteiger partial charge in [0.2, 0.25) is 5.91 Å². The first kappa shape index (κ1) is 15.5. The number of amides is 1. The van der Waals surface area contributed by atoms with Crippen LogP contribution >= 0.6 is 0 Å². The fraction of sp³-hybridized carbons (Fsp3) is 0.769. The maximum atomic E-state index is 11.8. The summed E-state index contributed by atoms with van der Waals surface area (Å²) < 4.78 is 4.73. The fourth-order valence-electron chi connectivity index (χ4n) is 1.87. The number of esters is 1. The van der Waals surface area contributed by atoms with E-state index in [1.807, 2.05) is 0 Å². The van der Waals surface area contributed by atoms with E-state index in [1.165, 1.54) is 0 Å². The Balaban J connectivity index is 2.41. The molecule has 6 nitrogen and oxygen atoms in total. The van der Waals surface area contributed by atoms with Gasteiger partial charge in [-0.15, -0.1) is 0 Å². The Morgan fingerprint density at radius 3 is 2.47 bits per heavy atom. The lowest BCUT2D eigenvalue weighted by Gasteiger charge is -2.17. The van der Waals surface area contributed by atoms with E-state index < -0.39 is 18.0 Å². The molecule has 108 valence electrons. The van der Waals surface area contributed by atoms with Gasteiger partial charge in [0.25, 0.3) is 0 Å². The number of carboxylic acids is 1. The summed E-state index contributed by atoms with van der Waals surface area (Å²) in [4.78, 5) is 34.0. The predicted molar refractivity (Wildman–Crippen MR) is 67.3 cm³/mol. The molecule has 0 radical (unpaired) electrons. The van der Waals surface area contributed by atoms with E-state index in [0.717, 1.165) is 12.8 Å². The number of rotatable bonds is 8. The first-order chi connectivity index (χ1) is 8.95. The van der Waals surface area contributed by atoms with Crippen molar-refractivity contribution < 1.29 is 24.2 Å². The van der Waals surface area contributed by atoms with Gasteiger partial charge < -0.3 is 15.2 Å². The van der Waals surface area contributed by atoms with Crippen LogP contribution in [0.25, 0.3) is 0 Å². The molecular formula is C13H21NO5. The van der Waals surface area contributed by atoms with Crippen LogP contribution < -0.4 is 5.32 Å². The molecule has 1 aliphatic carbocycles. The molecule has 1 aliphatic rings. The van der Waals surface area contributed by atoms with Gasteiger partial charge in [-0.05, 0) is 32.1 Å². The SMILES string of the molecule is CCOC(=O)CC[C@H](NC(=O)C(C)C1CC1)C(=O)O. The molecule has 0 aliphatic heterocycles. The van der Waals surface area contributed by atoms with Gasteiger partial charge >= 0.3 is 11.9 Å². The van der Waals surface area contributed by atoms with E-state index in [1.54, 1.807) is 13.8 Å². The van der Waals surface area contributed by atoms with Crippen molar-refractivity contribution in [3.8, 4) is 0 Å². The van der Waals surface area contributed by atoms with Crippen molar-refractivity contribution in [1.29, 1.82) is 0 Å². The van der Waals surface area contributed by atoms with Crippen molar-refractivity contribution in [2.24, 2.45) is 11.8 Å².